The van der Waals surface area contributed by atoms with Crippen molar-refractivity contribution in [2.75, 3.05) is 25.1 Å². The summed E-state index contributed by atoms with van der Waals surface area (Å²) < 4.78 is 4.99. The van der Waals surface area contributed by atoms with Crippen molar-refractivity contribution >= 4 is 39.8 Å². The molecule has 21 heavy (non-hydrogen) atoms. The molecule has 0 unspecified atom stereocenters. The van der Waals surface area contributed by atoms with Crippen molar-refractivity contribution in [3.8, 4) is 0 Å². The molecule has 2 aromatic rings. The number of pyridine rings is 1. The van der Waals surface area contributed by atoms with Crippen molar-refractivity contribution in [3.05, 3.63) is 36.0 Å². The number of hydrogen-bond acceptors (Lipinski definition) is 5. The molecule has 1 heterocycles. The fourth-order valence-corrected chi connectivity index (χ4v) is 2.35. The number of hydrogen-bond donors (Lipinski definition) is 1. The van der Waals surface area contributed by atoms with Gasteiger partial charge < -0.3 is 15.4 Å². The Bertz CT molecular complexity index is 688. The highest BCUT2D eigenvalue weighted by atomic mass is 32.1. The lowest BCUT2D eigenvalue weighted by Crippen LogP contribution is -2.29. The first-order valence-electron chi connectivity index (χ1n) is 6.59. The number of aromatic nitrogens is 1. The molecule has 0 aliphatic rings. The molecule has 0 saturated heterocycles. The van der Waals surface area contributed by atoms with Gasteiger partial charge in [0.25, 0.3) is 0 Å². The summed E-state index contributed by atoms with van der Waals surface area (Å²) in [7, 11) is 1.81. The quantitative estimate of drug-likeness (QED) is 0.672. The number of likely N-dealkylation sites (N-methyl/N-ethyl adjacent to an activating group) is 1. The predicted octanol–water partition coefficient (Wildman–Crippen LogP) is 1.87. The molecule has 0 fully saturated rings. The Morgan fingerprint density at radius 2 is 2.14 bits per heavy atom. The molecule has 0 atom stereocenters. The molecule has 1 aromatic heterocycles. The molecule has 2 N–H and O–H groups in total. The summed E-state index contributed by atoms with van der Waals surface area (Å²) in [5.74, 6) is -0.296. The molecular formula is C15H17N3O2S. The Kier molecular flexibility index (Phi) is 4.70. The van der Waals surface area contributed by atoms with Gasteiger partial charge in [0, 0.05) is 18.6 Å². The highest BCUT2D eigenvalue weighted by Gasteiger charge is 2.17. The van der Waals surface area contributed by atoms with Gasteiger partial charge in [-0.2, -0.15) is 0 Å². The van der Waals surface area contributed by atoms with Gasteiger partial charge in [-0.05, 0) is 13.0 Å². The third-order valence-corrected chi connectivity index (χ3v) is 3.29. The predicted molar refractivity (Wildman–Crippen MR) is 87.5 cm³/mol. The first kappa shape index (κ1) is 15.2. The van der Waals surface area contributed by atoms with Crippen LogP contribution < -0.4 is 10.6 Å². The molecule has 0 aliphatic heterocycles. The molecule has 0 saturated carbocycles. The number of benzene rings is 1. The maximum absolute atomic E-state index is 11.7. The third kappa shape index (κ3) is 3.28. The van der Waals surface area contributed by atoms with E-state index in [-0.39, 0.29) is 17.5 Å². The van der Waals surface area contributed by atoms with E-state index in [0.29, 0.717) is 12.2 Å². The van der Waals surface area contributed by atoms with Gasteiger partial charge in [-0.15, -0.1) is 0 Å². The molecule has 0 amide bonds. The van der Waals surface area contributed by atoms with E-state index in [1.807, 2.05) is 24.3 Å². The Balaban J connectivity index is 2.50. The average Bonchev–Trinajstić information content (AvgIpc) is 2.45. The van der Waals surface area contributed by atoms with Crippen molar-refractivity contribution in [1.82, 2.24) is 4.98 Å². The normalized spacial score (nSPS) is 10.4. The van der Waals surface area contributed by atoms with E-state index >= 15 is 0 Å². The van der Waals surface area contributed by atoms with Gasteiger partial charge in [-0.3, -0.25) is 9.78 Å². The van der Waals surface area contributed by atoms with Crippen molar-refractivity contribution in [1.29, 1.82) is 0 Å². The molecule has 0 aliphatic carbocycles. The second kappa shape index (κ2) is 6.49. The number of para-hydroxylation sites is 1. The van der Waals surface area contributed by atoms with E-state index in [4.69, 9.17) is 22.7 Å². The Labute approximate surface area is 128 Å². The zero-order valence-corrected chi connectivity index (χ0v) is 12.8. The summed E-state index contributed by atoms with van der Waals surface area (Å²) in [5.41, 5.74) is 8.05. The van der Waals surface area contributed by atoms with Crippen LogP contribution >= 0.6 is 12.2 Å². The molecular weight excluding hydrogens is 286 g/mol. The third-order valence-electron chi connectivity index (χ3n) is 3.07. The van der Waals surface area contributed by atoms with Crippen molar-refractivity contribution in [2.24, 2.45) is 5.73 Å². The van der Waals surface area contributed by atoms with E-state index in [1.165, 1.54) is 0 Å². The lowest BCUT2D eigenvalue weighted by Gasteiger charge is -2.22. The van der Waals surface area contributed by atoms with Crippen LogP contribution in [0, 0.1) is 0 Å². The van der Waals surface area contributed by atoms with Crippen LogP contribution in [-0.4, -0.2) is 36.1 Å². The number of carbonyl (C=O) groups is 1. The van der Waals surface area contributed by atoms with Gasteiger partial charge in [0.2, 0.25) is 0 Å². The zero-order chi connectivity index (χ0) is 15.4. The number of nitrogens with two attached hydrogens (primary N) is 1. The number of nitrogens with zero attached hydrogens (tertiary/aromatic N) is 2. The minimum Gasteiger partial charge on any atom is -0.465 e. The van der Waals surface area contributed by atoms with Crippen LogP contribution in [0.25, 0.3) is 10.9 Å². The lowest BCUT2D eigenvalue weighted by atomic mass is 10.1. The van der Waals surface area contributed by atoms with Crippen LogP contribution in [0.15, 0.2) is 30.5 Å². The molecule has 0 spiro atoms. The molecule has 6 heteroatoms. The van der Waals surface area contributed by atoms with Gasteiger partial charge in [0.15, 0.2) is 0 Å². The molecule has 110 valence electrons. The fourth-order valence-electron chi connectivity index (χ4n) is 2.20. The van der Waals surface area contributed by atoms with Crippen LogP contribution in [0.5, 0.6) is 0 Å². The number of ether oxygens (including phenoxy) is 1. The first-order chi connectivity index (χ1) is 10.0. The lowest BCUT2D eigenvalue weighted by molar-refractivity contribution is -0.141. The highest BCUT2D eigenvalue weighted by molar-refractivity contribution is 7.80. The number of fused-ring (bicyclic) bond motifs is 1. The van der Waals surface area contributed by atoms with E-state index < -0.39 is 0 Å². The largest absolute Gasteiger partial charge is 0.465 e. The topological polar surface area (TPSA) is 68.5 Å². The summed E-state index contributed by atoms with van der Waals surface area (Å²) >= 11 is 5.09. The molecule has 1 aromatic carbocycles. The zero-order valence-electron chi connectivity index (χ0n) is 12.0. The Morgan fingerprint density at radius 3 is 2.81 bits per heavy atom. The number of esters is 1. The second-order valence-electron chi connectivity index (χ2n) is 4.56. The van der Waals surface area contributed by atoms with Crippen molar-refractivity contribution in [3.63, 3.8) is 0 Å². The second-order valence-corrected chi connectivity index (χ2v) is 5.00. The van der Waals surface area contributed by atoms with E-state index in [9.17, 15) is 4.79 Å². The smallest absolute Gasteiger partial charge is 0.325 e. The van der Waals surface area contributed by atoms with Gasteiger partial charge >= 0.3 is 5.97 Å². The van der Waals surface area contributed by atoms with Gasteiger partial charge in [0.05, 0.1) is 23.4 Å². The van der Waals surface area contributed by atoms with Crippen LogP contribution in [-0.2, 0) is 9.53 Å². The number of anilines is 1. The monoisotopic (exact) mass is 303 g/mol. The van der Waals surface area contributed by atoms with Crippen molar-refractivity contribution < 1.29 is 9.53 Å². The first-order valence-corrected chi connectivity index (χ1v) is 6.99. The van der Waals surface area contributed by atoms with Crippen LogP contribution in [0.2, 0.25) is 0 Å². The Morgan fingerprint density at radius 1 is 1.43 bits per heavy atom. The minimum atomic E-state index is -0.296. The maximum Gasteiger partial charge on any atom is 0.325 e. The number of carbonyl (C=O) groups excluding carboxylic acids is 1. The van der Waals surface area contributed by atoms with Gasteiger partial charge in [-0.1, -0.05) is 30.4 Å². The number of thiocarbonyl (C=S) groups is 1. The summed E-state index contributed by atoms with van der Waals surface area (Å²) in [6.45, 7) is 2.25. The minimum absolute atomic E-state index is 0.122. The standard InChI is InChI=1S/C15H17N3O2S/c1-3-20-13(19)9-18(2)14-10-6-4-5-7-12(10)17-8-11(14)15(16)21/h4-8H,3,9H2,1-2H3,(H2,16,21). The average molecular weight is 303 g/mol. The Hall–Kier alpha value is -2.21. The SMILES string of the molecule is CCOC(=O)CN(C)c1c(C(N)=S)cnc2ccccc12. The fraction of sp³-hybridized carbons (Fsp3) is 0.267. The summed E-state index contributed by atoms with van der Waals surface area (Å²) in [6.07, 6.45) is 1.64. The molecule has 2 rings (SSSR count). The highest BCUT2D eigenvalue weighted by Crippen LogP contribution is 2.28. The maximum atomic E-state index is 11.7. The summed E-state index contributed by atoms with van der Waals surface area (Å²) in [5, 5.41) is 0.898. The van der Waals surface area contributed by atoms with Crippen LogP contribution in [0.3, 0.4) is 0 Å². The van der Waals surface area contributed by atoms with E-state index in [1.54, 1.807) is 25.1 Å². The van der Waals surface area contributed by atoms with Crippen LogP contribution in [0.4, 0.5) is 5.69 Å². The summed E-state index contributed by atoms with van der Waals surface area (Å²) in [4.78, 5) is 18.1. The molecule has 0 bridgehead atoms. The van der Waals surface area contributed by atoms with E-state index in [0.717, 1.165) is 16.6 Å². The summed E-state index contributed by atoms with van der Waals surface area (Å²) in [6, 6.07) is 7.65. The van der Waals surface area contributed by atoms with Crippen LogP contribution in [0.1, 0.15) is 12.5 Å². The van der Waals surface area contributed by atoms with Gasteiger partial charge in [0.1, 0.15) is 11.5 Å². The number of rotatable bonds is 5. The molecule has 0 radical (unpaired) electrons. The van der Waals surface area contributed by atoms with E-state index in [2.05, 4.69) is 4.98 Å². The van der Waals surface area contributed by atoms with Gasteiger partial charge in [-0.25, -0.2) is 0 Å². The van der Waals surface area contributed by atoms with Crippen molar-refractivity contribution in [2.45, 2.75) is 6.92 Å². The molecule has 5 nitrogen and oxygen atoms in total.